The highest BCUT2D eigenvalue weighted by atomic mass is 19.1. The van der Waals surface area contributed by atoms with Crippen molar-refractivity contribution in [3.63, 3.8) is 0 Å². The van der Waals surface area contributed by atoms with E-state index in [4.69, 9.17) is 0 Å². The van der Waals surface area contributed by atoms with Crippen molar-refractivity contribution in [1.82, 2.24) is 0 Å². The van der Waals surface area contributed by atoms with Crippen LogP contribution >= 0.6 is 0 Å². The van der Waals surface area contributed by atoms with E-state index in [0.717, 1.165) is 5.56 Å². The van der Waals surface area contributed by atoms with Gasteiger partial charge in [-0.15, -0.1) is 0 Å². The van der Waals surface area contributed by atoms with Gasteiger partial charge in [0.15, 0.2) is 0 Å². The second-order valence-electron chi connectivity index (χ2n) is 3.55. The lowest BCUT2D eigenvalue weighted by molar-refractivity contribution is -0.122. The third-order valence-electron chi connectivity index (χ3n) is 2.35. The lowest BCUT2D eigenvalue weighted by atomic mass is 9.96. The molecule has 0 aliphatic heterocycles. The average Bonchev–Trinajstić information content (AvgIpc) is 2.20. The van der Waals surface area contributed by atoms with Crippen LogP contribution in [0.15, 0.2) is 24.3 Å². The topological polar surface area (TPSA) is 17.1 Å². The van der Waals surface area contributed by atoms with E-state index >= 15 is 0 Å². The van der Waals surface area contributed by atoms with Gasteiger partial charge in [-0.1, -0.05) is 26.0 Å². The molecule has 0 aromatic heterocycles. The maximum absolute atomic E-state index is 12.6. The third-order valence-corrected chi connectivity index (χ3v) is 2.35. The van der Waals surface area contributed by atoms with Crippen LogP contribution in [-0.2, 0) is 11.2 Å². The first-order valence-electron chi connectivity index (χ1n) is 4.90. The fourth-order valence-corrected chi connectivity index (χ4v) is 1.44. The molecule has 0 aliphatic rings. The first-order chi connectivity index (χ1) is 6.63. The van der Waals surface area contributed by atoms with Crippen molar-refractivity contribution in [3.05, 3.63) is 35.6 Å². The number of carbonyl (C=O) groups is 1. The van der Waals surface area contributed by atoms with Crippen LogP contribution in [0.3, 0.4) is 0 Å². The molecule has 1 atom stereocenters. The molecule has 0 amide bonds. The van der Waals surface area contributed by atoms with Gasteiger partial charge >= 0.3 is 0 Å². The van der Waals surface area contributed by atoms with Crippen molar-refractivity contribution in [2.75, 3.05) is 0 Å². The number of halogens is 1. The maximum Gasteiger partial charge on any atom is 0.135 e. The van der Waals surface area contributed by atoms with E-state index in [1.807, 2.05) is 13.8 Å². The zero-order chi connectivity index (χ0) is 10.6. The molecular formula is C12H15FO. The Bertz CT molecular complexity index is 303. The van der Waals surface area contributed by atoms with Crippen LogP contribution in [0.5, 0.6) is 0 Å². The standard InChI is InChI=1S/C12H15FO/c1-3-12(14)9(2)8-10-4-6-11(13)7-5-10/h4-7,9H,3,8H2,1-2H3. The molecule has 0 bridgehead atoms. The molecule has 0 fully saturated rings. The number of ketones is 1. The number of hydrogen-bond acceptors (Lipinski definition) is 1. The zero-order valence-electron chi connectivity index (χ0n) is 8.59. The quantitative estimate of drug-likeness (QED) is 0.720. The fraction of sp³-hybridized carbons (Fsp3) is 0.417. The lowest BCUT2D eigenvalue weighted by Crippen LogP contribution is -2.12. The zero-order valence-corrected chi connectivity index (χ0v) is 8.59. The Balaban J connectivity index is 2.60. The minimum atomic E-state index is -0.233. The van der Waals surface area contributed by atoms with Gasteiger partial charge < -0.3 is 0 Å². The minimum absolute atomic E-state index is 0.0328. The van der Waals surface area contributed by atoms with Crippen molar-refractivity contribution >= 4 is 5.78 Å². The highest BCUT2D eigenvalue weighted by Crippen LogP contribution is 2.11. The SMILES string of the molecule is CCC(=O)C(C)Cc1ccc(F)cc1. The van der Waals surface area contributed by atoms with Gasteiger partial charge in [-0.2, -0.15) is 0 Å². The summed E-state index contributed by atoms with van der Waals surface area (Å²) in [6, 6.07) is 6.32. The van der Waals surface area contributed by atoms with Gasteiger partial charge in [-0.25, -0.2) is 4.39 Å². The van der Waals surface area contributed by atoms with Gasteiger partial charge in [0.2, 0.25) is 0 Å². The Morgan fingerprint density at radius 1 is 1.36 bits per heavy atom. The Kier molecular flexibility index (Phi) is 3.81. The second kappa shape index (κ2) is 4.89. The molecule has 76 valence electrons. The highest BCUT2D eigenvalue weighted by Gasteiger charge is 2.10. The molecule has 0 saturated heterocycles. The van der Waals surface area contributed by atoms with E-state index in [2.05, 4.69) is 0 Å². The Hall–Kier alpha value is -1.18. The Morgan fingerprint density at radius 2 is 1.93 bits per heavy atom. The van der Waals surface area contributed by atoms with Crippen LogP contribution in [0.25, 0.3) is 0 Å². The predicted molar refractivity (Wildman–Crippen MR) is 54.6 cm³/mol. The Labute approximate surface area is 83.9 Å². The van der Waals surface area contributed by atoms with Gasteiger partial charge in [-0.3, -0.25) is 4.79 Å². The van der Waals surface area contributed by atoms with Crippen molar-refractivity contribution in [2.24, 2.45) is 5.92 Å². The fourth-order valence-electron chi connectivity index (χ4n) is 1.44. The van der Waals surface area contributed by atoms with Crippen molar-refractivity contribution in [2.45, 2.75) is 26.7 Å². The normalized spacial score (nSPS) is 12.5. The van der Waals surface area contributed by atoms with Crippen molar-refractivity contribution in [1.29, 1.82) is 0 Å². The van der Waals surface area contributed by atoms with E-state index in [-0.39, 0.29) is 17.5 Å². The van der Waals surface area contributed by atoms with E-state index < -0.39 is 0 Å². The predicted octanol–water partition coefficient (Wildman–Crippen LogP) is 2.98. The molecule has 1 aromatic carbocycles. The molecule has 0 saturated carbocycles. The summed E-state index contributed by atoms with van der Waals surface area (Å²) in [4.78, 5) is 11.3. The molecule has 0 N–H and O–H groups in total. The molecular weight excluding hydrogens is 179 g/mol. The third kappa shape index (κ3) is 2.95. The minimum Gasteiger partial charge on any atom is -0.299 e. The summed E-state index contributed by atoms with van der Waals surface area (Å²) in [5, 5.41) is 0. The van der Waals surface area contributed by atoms with E-state index in [0.29, 0.717) is 12.8 Å². The summed E-state index contributed by atoms with van der Waals surface area (Å²) in [7, 11) is 0. The Morgan fingerprint density at radius 3 is 2.43 bits per heavy atom. The van der Waals surface area contributed by atoms with Crippen LogP contribution in [0, 0.1) is 11.7 Å². The summed E-state index contributed by atoms with van der Waals surface area (Å²) in [5.74, 6) is 0.0583. The summed E-state index contributed by atoms with van der Waals surface area (Å²) in [5.41, 5.74) is 1.01. The average molecular weight is 194 g/mol. The number of Topliss-reactive ketones (excluding diaryl/α,β-unsaturated/α-hetero) is 1. The molecule has 0 radical (unpaired) electrons. The molecule has 2 heteroatoms. The van der Waals surface area contributed by atoms with Gasteiger partial charge in [0.1, 0.15) is 11.6 Å². The lowest BCUT2D eigenvalue weighted by Gasteiger charge is -2.08. The molecule has 1 aromatic rings. The number of carbonyl (C=O) groups excluding carboxylic acids is 1. The van der Waals surface area contributed by atoms with Crippen molar-refractivity contribution in [3.8, 4) is 0 Å². The molecule has 1 rings (SSSR count). The molecule has 0 heterocycles. The largest absolute Gasteiger partial charge is 0.299 e. The maximum atomic E-state index is 12.6. The highest BCUT2D eigenvalue weighted by molar-refractivity contribution is 5.80. The second-order valence-corrected chi connectivity index (χ2v) is 3.55. The van der Waals surface area contributed by atoms with Crippen LogP contribution in [0.2, 0.25) is 0 Å². The van der Waals surface area contributed by atoms with Gasteiger partial charge in [-0.05, 0) is 24.1 Å². The number of hydrogen-bond donors (Lipinski definition) is 0. The molecule has 0 spiro atoms. The smallest absolute Gasteiger partial charge is 0.135 e. The molecule has 1 nitrogen and oxygen atoms in total. The summed E-state index contributed by atoms with van der Waals surface area (Å²) in [6.45, 7) is 3.78. The van der Waals surface area contributed by atoms with Gasteiger partial charge in [0, 0.05) is 12.3 Å². The molecule has 0 aliphatic carbocycles. The molecule has 1 unspecified atom stereocenters. The van der Waals surface area contributed by atoms with Gasteiger partial charge in [0.25, 0.3) is 0 Å². The monoisotopic (exact) mass is 194 g/mol. The number of rotatable bonds is 4. The van der Waals surface area contributed by atoms with Crippen molar-refractivity contribution < 1.29 is 9.18 Å². The first-order valence-corrected chi connectivity index (χ1v) is 4.90. The molecule has 14 heavy (non-hydrogen) atoms. The van der Waals surface area contributed by atoms with Crippen LogP contribution in [0.1, 0.15) is 25.8 Å². The van der Waals surface area contributed by atoms with Crippen LogP contribution in [-0.4, -0.2) is 5.78 Å². The first kappa shape index (κ1) is 10.9. The van der Waals surface area contributed by atoms with E-state index in [1.54, 1.807) is 12.1 Å². The van der Waals surface area contributed by atoms with Crippen LogP contribution < -0.4 is 0 Å². The van der Waals surface area contributed by atoms with Gasteiger partial charge in [0.05, 0.1) is 0 Å². The van der Waals surface area contributed by atoms with Crippen LogP contribution in [0.4, 0.5) is 4.39 Å². The summed E-state index contributed by atoms with van der Waals surface area (Å²) in [6.07, 6.45) is 1.27. The van der Waals surface area contributed by atoms with E-state index in [9.17, 15) is 9.18 Å². The number of benzene rings is 1. The van der Waals surface area contributed by atoms with E-state index in [1.165, 1.54) is 12.1 Å². The summed E-state index contributed by atoms with van der Waals surface area (Å²) >= 11 is 0. The summed E-state index contributed by atoms with van der Waals surface area (Å²) < 4.78 is 12.6.